The van der Waals surface area contributed by atoms with Gasteiger partial charge in [0.05, 0.1) is 13.2 Å². The van der Waals surface area contributed by atoms with Crippen molar-refractivity contribution >= 4 is 22.6 Å². The molecule has 0 spiro atoms. The summed E-state index contributed by atoms with van der Waals surface area (Å²) >= 11 is 6.14. The van der Waals surface area contributed by atoms with Crippen LogP contribution in [0.4, 0.5) is 0 Å². The van der Waals surface area contributed by atoms with Crippen molar-refractivity contribution in [2.75, 3.05) is 7.11 Å². The van der Waals surface area contributed by atoms with Crippen molar-refractivity contribution in [2.24, 2.45) is 0 Å². The number of benzene rings is 1. The number of aryl methyl sites for hydroxylation is 1. The fourth-order valence-electron chi connectivity index (χ4n) is 2.39. The molecule has 2 aromatic rings. The highest BCUT2D eigenvalue weighted by Gasteiger charge is 2.22. The molecule has 19 heavy (non-hydrogen) atoms. The third kappa shape index (κ3) is 2.64. The van der Waals surface area contributed by atoms with E-state index in [1.54, 1.807) is 7.11 Å². The van der Waals surface area contributed by atoms with Gasteiger partial charge in [-0.15, -0.1) is 0 Å². The zero-order chi connectivity index (χ0) is 13.4. The first-order valence-corrected chi connectivity index (χ1v) is 6.99. The molecule has 0 bridgehead atoms. The van der Waals surface area contributed by atoms with Crippen LogP contribution in [0.25, 0.3) is 11.0 Å². The van der Waals surface area contributed by atoms with Gasteiger partial charge in [-0.1, -0.05) is 11.6 Å². The standard InChI is InChI=1S/C15H18ClNO2/c1-9-5-10(16)6-12-13(8-18-2)14(19-15(9)12)7-17-11-3-4-11/h5-6,11,17H,3-4,7-8H2,1-2H3. The maximum absolute atomic E-state index is 6.14. The molecule has 0 radical (unpaired) electrons. The molecule has 3 nitrogen and oxygen atoms in total. The molecule has 1 saturated carbocycles. The number of rotatable bonds is 5. The molecule has 102 valence electrons. The number of hydrogen-bond donors (Lipinski definition) is 1. The second kappa shape index (κ2) is 5.16. The summed E-state index contributed by atoms with van der Waals surface area (Å²) in [6.45, 7) is 3.33. The largest absolute Gasteiger partial charge is 0.459 e. The molecule has 1 aliphatic rings. The normalized spacial score (nSPS) is 15.3. The van der Waals surface area contributed by atoms with Gasteiger partial charge in [-0.3, -0.25) is 0 Å². The predicted molar refractivity (Wildman–Crippen MR) is 76.5 cm³/mol. The Morgan fingerprint density at radius 2 is 2.21 bits per heavy atom. The number of hydrogen-bond acceptors (Lipinski definition) is 3. The van der Waals surface area contributed by atoms with E-state index in [9.17, 15) is 0 Å². The maximum atomic E-state index is 6.14. The smallest absolute Gasteiger partial charge is 0.137 e. The lowest BCUT2D eigenvalue weighted by Crippen LogP contribution is -2.15. The lowest BCUT2D eigenvalue weighted by Gasteiger charge is -2.03. The number of nitrogens with one attached hydrogen (secondary N) is 1. The quantitative estimate of drug-likeness (QED) is 0.904. The summed E-state index contributed by atoms with van der Waals surface area (Å²) in [6.07, 6.45) is 2.54. The van der Waals surface area contributed by atoms with Crippen LogP contribution in [0, 0.1) is 6.92 Å². The van der Waals surface area contributed by atoms with Crippen molar-refractivity contribution in [3.05, 3.63) is 34.0 Å². The van der Waals surface area contributed by atoms with Gasteiger partial charge >= 0.3 is 0 Å². The highest BCUT2D eigenvalue weighted by Crippen LogP contribution is 2.32. The summed E-state index contributed by atoms with van der Waals surface area (Å²) in [7, 11) is 1.70. The van der Waals surface area contributed by atoms with Gasteiger partial charge in [0.2, 0.25) is 0 Å². The van der Waals surface area contributed by atoms with Crippen LogP contribution in [0.3, 0.4) is 0 Å². The summed E-state index contributed by atoms with van der Waals surface area (Å²) in [6, 6.07) is 4.55. The zero-order valence-corrected chi connectivity index (χ0v) is 12.0. The Morgan fingerprint density at radius 3 is 2.89 bits per heavy atom. The molecule has 0 unspecified atom stereocenters. The van der Waals surface area contributed by atoms with Crippen LogP contribution in [0.2, 0.25) is 5.02 Å². The van der Waals surface area contributed by atoms with Gasteiger partial charge in [-0.05, 0) is 37.5 Å². The van der Waals surface area contributed by atoms with E-state index in [4.69, 9.17) is 20.8 Å². The molecule has 4 heteroatoms. The average Bonchev–Trinajstić information content (AvgIpc) is 3.13. The van der Waals surface area contributed by atoms with Gasteiger partial charge in [0.1, 0.15) is 11.3 Å². The van der Waals surface area contributed by atoms with Gasteiger partial charge in [-0.2, -0.15) is 0 Å². The first-order chi connectivity index (χ1) is 9.19. The molecule has 0 atom stereocenters. The molecule has 1 aromatic carbocycles. The van der Waals surface area contributed by atoms with Crippen LogP contribution in [-0.4, -0.2) is 13.2 Å². The van der Waals surface area contributed by atoms with Crippen molar-refractivity contribution in [3.8, 4) is 0 Å². The molecule has 1 N–H and O–H groups in total. The number of halogens is 1. The Hall–Kier alpha value is -1.03. The van der Waals surface area contributed by atoms with Crippen LogP contribution in [0.5, 0.6) is 0 Å². The minimum absolute atomic E-state index is 0.550. The van der Waals surface area contributed by atoms with Crippen LogP contribution < -0.4 is 5.32 Å². The summed E-state index contributed by atoms with van der Waals surface area (Å²) in [5.74, 6) is 0.967. The van der Waals surface area contributed by atoms with Crippen molar-refractivity contribution < 1.29 is 9.15 Å². The third-order valence-electron chi connectivity index (χ3n) is 3.54. The van der Waals surface area contributed by atoms with Crippen LogP contribution in [0.15, 0.2) is 16.5 Å². The van der Waals surface area contributed by atoms with Gasteiger partial charge < -0.3 is 14.5 Å². The van der Waals surface area contributed by atoms with Crippen LogP contribution in [0.1, 0.15) is 29.7 Å². The second-order valence-electron chi connectivity index (χ2n) is 5.19. The van der Waals surface area contributed by atoms with E-state index in [0.717, 1.165) is 39.4 Å². The van der Waals surface area contributed by atoms with E-state index in [1.165, 1.54) is 12.8 Å². The molecule has 0 saturated heterocycles. The molecular weight excluding hydrogens is 262 g/mol. The lowest BCUT2D eigenvalue weighted by atomic mass is 10.1. The molecule has 0 amide bonds. The Balaban J connectivity index is 2.03. The fraction of sp³-hybridized carbons (Fsp3) is 0.467. The van der Waals surface area contributed by atoms with Gasteiger partial charge in [0.25, 0.3) is 0 Å². The first-order valence-electron chi connectivity index (χ1n) is 6.61. The Morgan fingerprint density at radius 1 is 1.42 bits per heavy atom. The monoisotopic (exact) mass is 279 g/mol. The molecular formula is C15H18ClNO2. The van der Waals surface area contributed by atoms with Crippen molar-refractivity contribution in [2.45, 2.75) is 39.0 Å². The molecule has 1 aromatic heterocycles. The van der Waals surface area contributed by atoms with E-state index >= 15 is 0 Å². The minimum Gasteiger partial charge on any atom is -0.459 e. The third-order valence-corrected chi connectivity index (χ3v) is 3.76. The van der Waals surface area contributed by atoms with Gasteiger partial charge in [0, 0.05) is 29.1 Å². The highest BCUT2D eigenvalue weighted by molar-refractivity contribution is 6.31. The van der Waals surface area contributed by atoms with E-state index in [1.807, 2.05) is 19.1 Å². The molecule has 0 aliphatic heterocycles. The maximum Gasteiger partial charge on any atom is 0.137 e. The van der Waals surface area contributed by atoms with Crippen LogP contribution in [-0.2, 0) is 17.9 Å². The van der Waals surface area contributed by atoms with E-state index in [-0.39, 0.29) is 0 Å². The Kier molecular flexibility index (Phi) is 3.52. The zero-order valence-electron chi connectivity index (χ0n) is 11.3. The molecule has 1 heterocycles. The van der Waals surface area contributed by atoms with Crippen LogP contribution >= 0.6 is 11.6 Å². The van der Waals surface area contributed by atoms with Gasteiger partial charge in [-0.25, -0.2) is 0 Å². The average molecular weight is 280 g/mol. The number of furan rings is 1. The summed E-state index contributed by atoms with van der Waals surface area (Å²) in [5, 5.41) is 5.29. The molecule has 3 rings (SSSR count). The molecule has 1 fully saturated rings. The summed E-state index contributed by atoms with van der Waals surface area (Å²) in [4.78, 5) is 0. The number of fused-ring (bicyclic) bond motifs is 1. The number of ether oxygens (including phenoxy) is 1. The lowest BCUT2D eigenvalue weighted by molar-refractivity contribution is 0.183. The SMILES string of the molecule is COCc1c(CNC2CC2)oc2c(C)cc(Cl)cc12. The summed E-state index contributed by atoms with van der Waals surface area (Å²) < 4.78 is 11.3. The topological polar surface area (TPSA) is 34.4 Å². The second-order valence-corrected chi connectivity index (χ2v) is 5.63. The van der Waals surface area contributed by atoms with E-state index < -0.39 is 0 Å². The first kappa shape index (κ1) is 13.0. The van der Waals surface area contributed by atoms with Crippen molar-refractivity contribution in [1.82, 2.24) is 5.32 Å². The number of methoxy groups -OCH3 is 1. The van der Waals surface area contributed by atoms with Crippen molar-refractivity contribution in [1.29, 1.82) is 0 Å². The predicted octanol–water partition coefficient (Wildman–Crippen LogP) is 3.79. The Bertz CT molecular complexity index is 602. The summed E-state index contributed by atoms with van der Waals surface area (Å²) in [5.41, 5.74) is 3.10. The van der Waals surface area contributed by atoms with Crippen molar-refractivity contribution in [3.63, 3.8) is 0 Å². The minimum atomic E-state index is 0.550. The van der Waals surface area contributed by atoms with Gasteiger partial charge in [0.15, 0.2) is 0 Å². The van der Waals surface area contributed by atoms with E-state index in [0.29, 0.717) is 12.6 Å². The highest BCUT2D eigenvalue weighted by atomic mass is 35.5. The fourth-order valence-corrected chi connectivity index (χ4v) is 2.67. The van der Waals surface area contributed by atoms with E-state index in [2.05, 4.69) is 5.32 Å². The Labute approximate surface area is 117 Å². The molecule has 1 aliphatic carbocycles.